The summed E-state index contributed by atoms with van der Waals surface area (Å²) in [6.45, 7) is 0.760. The van der Waals surface area contributed by atoms with E-state index in [0.717, 1.165) is 6.54 Å². The van der Waals surface area contributed by atoms with Gasteiger partial charge in [0.1, 0.15) is 11.0 Å². The number of aromatic nitrogens is 4. The molecule has 2 saturated heterocycles. The van der Waals surface area contributed by atoms with Crippen LogP contribution in [0.3, 0.4) is 0 Å². The Balaban J connectivity index is 1.39. The number of aliphatic hydroxyl groups is 1. The molecular formula is C16H22ClN7O. The maximum Gasteiger partial charge on any atom is 0.226 e. The van der Waals surface area contributed by atoms with Crippen molar-refractivity contribution in [2.45, 2.75) is 44.4 Å². The van der Waals surface area contributed by atoms with Gasteiger partial charge in [-0.15, -0.1) is 0 Å². The van der Waals surface area contributed by atoms with Crippen LogP contribution in [-0.4, -0.2) is 43.9 Å². The van der Waals surface area contributed by atoms with E-state index < -0.39 is 0 Å². The van der Waals surface area contributed by atoms with Gasteiger partial charge in [-0.2, -0.15) is 10.1 Å². The molecule has 2 aromatic rings. The van der Waals surface area contributed by atoms with Crippen LogP contribution >= 0.6 is 11.6 Å². The second-order valence-corrected chi connectivity index (χ2v) is 7.20. The first-order valence-corrected chi connectivity index (χ1v) is 9.02. The van der Waals surface area contributed by atoms with Gasteiger partial charge in [-0.1, -0.05) is 11.6 Å². The molecule has 0 aliphatic carbocycles. The molecule has 0 saturated carbocycles. The fourth-order valence-corrected chi connectivity index (χ4v) is 3.96. The molecule has 8 nitrogen and oxygen atoms in total. The molecule has 0 amide bonds. The van der Waals surface area contributed by atoms with Gasteiger partial charge in [0.2, 0.25) is 5.95 Å². The minimum Gasteiger partial charge on any atom is -0.390 e. The Morgan fingerprint density at radius 2 is 1.96 bits per heavy atom. The molecule has 25 heavy (non-hydrogen) atoms. The SMILES string of the molecule is OCc1cc(Nc2cc(Cl)nc(NCC3CC4CCC(C3)N4)n2)n[nH]1. The number of anilines is 3. The normalized spacial score (nSPS) is 25.1. The average molecular weight is 364 g/mol. The van der Waals surface area contributed by atoms with Crippen LogP contribution in [0.4, 0.5) is 17.6 Å². The first-order chi connectivity index (χ1) is 12.2. The topological polar surface area (TPSA) is 111 Å². The van der Waals surface area contributed by atoms with Gasteiger partial charge in [0.05, 0.1) is 12.3 Å². The van der Waals surface area contributed by atoms with Crippen molar-refractivity contribution in [3.63, 3.8) is 0 Å². The van der Waals surface area contributed by atoms with Crippen LogP contribution in [-0.2, 0) is 6.61 Å². The Bertz CT molecular complexity index is 725. The lowest BCUT2D eigenvalue weighted by Crippen LogP contribution is -2.40. The second-order valence-electron chi connectivity index (χ2n) is 6.82. The number of fused-ring (bicyclic) bond motifs is 2. The fourth-order valence-electron chi connectivity index (χ4n) is 3.78. The summed E-state index contributed by atoms with van der Waals surface area (Å²) < 4.78 is 0. The van der Waals surface area contributed by atoms with Gasteiger partial charge in [-0.3, -0.25) is 5.10 Å². The summed E-state index contributed by atoms with van der Waals surface area (Å²) in [4.78, 5) is 8.71. The third-order valence-electron chi connectivity index (χ3n) is 4.87. The summed E-state index contributed by atoms with van der Waals surface area (Å²) in [5.74, 6) is 2.28. The van der Waals surface area contributed by atoms with Gasteiger partial charge in [-0.05, 0) is 31.6 Å². The number of nitrogens with one attached hydrogen (secondary N) is 4. The number of H-pyrrole nitrogens is 1. The molecule has 134 valence electrons. The number of rotatable bonds is 6. The highest BCUT2D eigenvalue weighted by Crippen LogP contribution is 2.31. The van der Waals surface area contributed by atoms with Crippen molar-refractivity contribution >= 4 is 29.2 Å². The Morgan fingerprint density at radius 1 is 1.16 bits per heavy atom. The van der Waals surface area contributed by atoms with Crippen molar-refractivity contribution in [1.82, 2.24) is 25.5 Å². The molecule has 2 aromatic heterocycles. The summed E-state index contributed by atoms with van der Waals surface area (Å²) in [5, 5.41) is 26.3. The second kappa shape index (κ2) is 7.15. The van der Waals surface area contributed by atoms with E-state index in [0.29, 0.717) is 46.4 Å². The van der Waals surface area contributed by atoms with E-state index in [1.807, 2.05) is 0 Å². The van der Waals surface area contributed by atoms with Crippen molar-refractivity contribution in [1.29, 1.82) is 0 Å². The summed E-state index contributed by atoms with van der Waals surface area (Å²) >= 11 is 6.12. The van der Waals surface area contributed by atoms with Crippen LogP contribution in [0.25, 0.3) is 0 Å². The molecule has 2 unspecified atom stereocenters. The maximum atomic E-state index is 9.08. The molecule has 2 aliphatic rings. The van der Waals surface area contributed by atoms with E-state index in [9.17, 15) is 0 Å². The van der Waals surface area contributed by atoms with Gasteiger partial charge in [0.25, 0.3) is 0 Å². The molecule has 2 atom stereocenters. The largest absolute Gasteiger partial charge is 0.390 e. The number of aromatic amines is 1. The Labute approximate surface area is 150 Å². The highest BCUT2D eigenvalue weighted by atomic mass is 35.5. The van der Waals surface area contributed by atoms with Crippen LogP contribution in [0.2, 0.25) is 5.15 Å². The molecule has 2 fully saturated rings. The third-order valence-corrected chi connectivity index (χ3v) is 5.07. The van der Waals surface area contributed by atoms with Gasteiger partial charge in [-0.25, -0.2) is 4.98 Å². The van der Waals surface area contributed by atoms with E-state index in [1.54, 1.807) is 12.1 Å². The summed E-state index contributed by atoms with van der Waals surface area (Å²) in [6, 6.07) is 4.70. The van der Waals surface area contributed by atoms with E-state index in [-0.39, 0.29) is 6.61 Å². The summed E-state index contributed by atoms with van der Waals surface area (Å²) in [7, 11) is 0. The van der Waals surface area contributed by atoms with E-state index >= 15 is 0 Å². The molecule has 0 spiro atoms. The van der Waals surface area contributed by atoms with Crippen LogP contribution in [0, 0.1) is 5.92 Å². The first kappa shape index (κ1) is 16.6. The molecule has 4 rings (SSSR count). The molecule has 4 heterocycles. The zero-order chi connectivity index (χ0) is 17.2. The zero-order valence-electron chi connectivity index (χ0n) is 13.8. The zero-order valence-corrected chi connectivity index (χ0v) is 14.6. The standard InChI is InChI=1S/C16H22ClN7O/c17-13-6-14(21-15-5-12(8-25)23-24-15)22-16(20-13)18-7-9-3-10-1-2-11(4-9)19-10/h5-6,9-11,19,25H,1-4,7-8H2,(H3,18,20,21,22,23,24). The number of piperidine rings is 1. The minimum absolute atomic E-state index is 0.0930. The Morgan fingerprint density at radius 3 is 2.68 bits per heavy atom. The van der Waals surface area contributed by atoms with Crippen LogP contribution in [0.15, 0.2) is 12.1 Å². The lowest BCUT2D eigenvalue weighted by Gasteiger charge is -2.29. The van der Waals surface area contributed by atoms with Gasteiger partial charge in [0.15, 0.2) is 5.82 Å². The van der Waals surface area contributed by atoms with Crippen molar-refractivity contribution in [3.8, 4) is 0 Å². The fraction of sp³-hybridized carbons (Fsp3) is 0.562. The van der Waals surface area contributed by atoms with Crippen LogP contribution in [0.5, 0.6) is 0 Å². The van der Waals surface area contributed by atoms with E-state index in [2.05, 4.69) is 36.1 Å². The molecule has 9 heteroatoms. The van der Waals surface area contributed by atoms with Gasteiger partial charge >= 0.3 is 0 Å². The summed E-state index contributed by atoms with van der Waals surface area (Å²) in [5.41, 5.74) is 0.626. The van der Waals surface area contributed by atoms with E-state index in [1.165, 1.54) is 25.7 Å². The molecule has 0 radical (unpaired) electrons. The van der Waals surface area contributed by atoms with Crippen molar-refractivity contribution in [3.05, 3.63) is 23.0 Å². The highest BCUT2D eigenvalue weighted by Gasteiger charge is 2.33. The highest BCUT2D eigenvalue weighted by molar-refractivity contribution is 6.29. The lowest BCUT2D eigenvalue weighted by atomic mass is 9.92. The van der Waals surface area contributed by atoms with Crippen molar-refractivity contribution < 1.29 is 5.11 Å². The third kappa shape index (κ3) is 4.02. The molecule has 0 aromatic carbocycles. The van der Waals surface area contributed by atoms with Crippen LogP contribution in [0.1, 0.15) is 31.4 Å². The molecular weight excluding hydrogens is 342 g/mol. The monoisotopic (exact) mass is 363 g/mol. The quantitative estimate of drug-likeness (QED) is 0.499. The number of halogens is 1. The van der Waals surface area contributed by atoms with Gasteiger partial charge in [0, 0.05) is 30.8 Å². The van der Waals surface area contributed by atoms with Gasteiger partial charge < -0.3 is 21.1 Å². The van der Waals surface area contributed by atoms with Crippen LogP contribution < -0.4 is 16.0 Å². The lowest BCUT2D eigenvalue weighted by molar-refractivity contribution is 0.276. The predicted molar refractivity (Wildman–Crippen MR) is 96.0 cm³/mol. The first-order valence-electron chi connectivity index (χ1n) is 8.64. The maximum absolute atomic E-state index is 9.08. The molecule has 5 N–H and O–H groups in total. The average Bonchev–Trinajstić information content (AvgIpc) is 3.18. The Kier molecular flexibility index (Phi) is 4.74. The number of nitrogens with zero attached hydrogens (tertiary/aromatic N) is 3. The molecule has 2 bridgehead atoms. The van der Waals surface area contributed by atoms with Crippen molar-refractivity contribution in [2.24, 2.45) is 5.92 Å². The molecule has 2 aliphatic heterocycles. The van der Waals surface area contributed by atoms with E-state index in [4.69, 9.17) is 16.7 Å². The smallest absolute Gasteiger partial charge is 0.226 e. The number of hydrogen-bond acceptors (Lipinski definition) is 7. The van der Waals surface area contributed by atoms with Crippen molar-refractivity contribution in [2.75, 3.05) is 17.2 Å². The summed E-state index contributed by atoms with van der Waals surface area (Å²) in [6.07, 6.45) is 4.99. The number of hydrogen-bond donors (Lipinski definition) is 5. The minimum atomic E-state index is -0.0930. The number of aliphatic hydroxyl groups excluding tert-OH is 1. The Hall–Kier alpha value is -1.90. The predicted octanol–water partition coefficient (Wildman–Crippen LogP) is 2.03.